The summed E-state index contributed by atoms with van der Waals surface area (Å²) in [5.74, 6) is 0.499. The summed E-state index contributed by atoms with van der Waals surface area (Å²) >= 11 is 0. The van der Waals surface area contributed by atoms with Gasteiger partial charge in [0.25, 0.3) is 0 Å². The van der Waals surface area contributed by atoms with Crippen molar-refractivity contribution in [3.8, 4) is 6.07 Å². The lowest BCUT2D eigenvalue weighted by atomic mass is 9.78. The lowest BCUT2D eigenvalue weighted by Crippen LogP contribution is -2.46. The quantitative estimate of drug-likeness (QED) is 0.887. The summed E-state index contributed by atoms with van der Waals surface area (Å²) in [6.07, 6.45) is 4.02. The molecule has 1 N–H and O–H groups in total. The van der Waals surface area contributed by atoms with Crippen LogP contribution in [0.3, 0.4) is 0 Å². The monoisotopic (exact) mass is 246 g/mol. The zero-order valence-corrected chi connectivity index (χ0v) is 10.7. The van der Waals surface area contributed by atoms with E-state index in [9.17, 15) is 9.65 Å². The van der Waals surface area contributed by atoms with Crippen LogP contribution < -0.4 is 5.32 Å². The Labute approximate surface area is 108 Å². The second-order valence-electron chi connectivity index (χ2n) is 5.36. The first-order valence-corrected chi connectivity index (χ1v) is 6.54. The van der Waals surface area contributed by atoms with Crippen LogP contribution in [-0.4, -0.2) is 5.54 Å². The highest BCUT2D eigenvalue weighted by molar-refractivity contribution is 5.18. The normalized spacial score (nSPS) is 27.7. The number of nitrogens with zero attached hydrogens (tertiary/aromatic N) is 1. The molecule has 18 heavy (non-hydrogen) atoms. The molecule has 1 fully saturated rings. The minimum absolute atomic E-state index is 0.222. The Hall–Kier alpha value is -1.40. The van der Waals surface area contributed by atoms with Gasteiger partial charge in [-0.1, -0.05) is 19.1 Å². The Morgan fingerprint density at radius 1 is 1.33 bits per heavy atom. The molecule has 0 radical (unpaired) electrons. The van der Waals surface area contributed by atoms with Crippen molar-refractivity contribution in [1.29, 1.82) is 5.26 Å². The molecule has 2 nitrogen and oxygen atoms in total. The largest absolute Gasteiger partial charge is 0.295 e. The third kappa shape index (κ3) is 3.08. The summed E-state index contributed by atoms with van der Waals surface area (Å²) < 4.78 is 12.8. The Morgan fingerprint density at radius 2 is 1.94 bits per heavy atom. The summed E-state index contributed by atoms with van der Waals surface area (Å²) in [4.78, 5) is 0. The fraction of sp³-hybridized carbons (Fsp3) is 0.533. The van der Waals surface area contributed by atoms with Crippen LogP contribution in [0.4, 0.5) is 4.39 Å². The van der Waals surface area contributed by atoms with E-state index in [1.165, 1.54) is 12.1 Å². The van der Waals surface area contributed by atoms with Crippen molar-refractivity contribution < 1.29 is 4.39 Å². The number of rotatable bonds is 3. The second-order valence-corrected chi connectivity index (χ2v) is 5.36. The highest BCUT2D eigenvalue weighted by atomic mass is 19.1. The topological polar surface area (TPSA) is 35.8 Å². The number of hydrogen-bond donors (Lipinski definition) is 1. The highest BCUT2D eigenvalue weighted by Crippen LogP contribution is 2.31. The Bertz CT molecular complexity index is 425. The molecule has 2 rings (SSSR count). The summed E-state index contributed by atoms with van der Waals surface area (Å²) in [5, 5.41) is 12.7. The molecule has 0 aromatic heterocycles. The van der Waals surface area contributed by atoms with E-state index in [-0.39, 0.29) is 11.4 Å². The maximum atomic E-state index is 12.8. The molecule has 1 aromatic carbocycles. The van der Waals surface area contributed by atoms with Crippen molar-refractivity contribution in [3.05, 3.63) is 35.6 Å². The molecule has 0 unspecified atom stereocenters. The minimum atomic E-state index is -0.388. The van der Waals surface area contributed by atoms with Crippen molar-refractivity contribution in [2.45, 2.75) is 44.7 Å². The Balaban J connectivity index is 1.95. The number of halogens is 1. The van der Waals surface area contributed by atoms with Crippen molar-refractivity contribution in [2.75, 3.05) is 0 Å². The van der Waals surface area contributed by atoms with E-state index >= 15 is 0 Å². The summed E-state index contributed by atoms with van der Waals surface area (Å²) in [6.45, 7) is 2.86. The van der Waals surface area contributed by atoms with Gasteiger partial charge in [0.1, 0.15) is 11.4 Å². The van der Waals surface area contributed by atoms with Gasteiger partial charge in [0.2, 0.25) is 0 Å². The predicted molar refractivity (Wildman–Crippen MR) is 69.2 cm³/mol. The molecule has 0 bridgehead atoms. The summed E-state index contributed by atoms with van der Waals surface area (Å²) in [5.41, 5.74) is 0.630. The van der Waals surface area contributed by atoms with E-state index in [4.69, 9.17) is 0 Å². The minimum Gasteiger partial charge on any atom is -0.295 e. The molecule has 1 aromatic rings. The average Bonchev–Trinajstić information content (AvgIpc) is 2.41. The first-order chi connectivity index (χ1) is 8.63. The van der Waals surface area contributed by atoms with Crippen LogP contribution in [-0.2, 0) is 6.54 Å². The third-order valence-corrected chi connectivity index (χ3v) is 3.89. The standard InChI is InChI=1S/C15H19FN2/c1-12-6-8-15(11-17,9-7-12)18-10-13-2-4-14(16)5-3-13/h2-5,12,18H,6-10H2,1H3. The van der Waals surface area contributed by atoms with Crippen molar-refractivity contribution in [2.24, 2.45) is 5.92 Å². The zero-order chi connectivity index (χ0) is 13.0. The molecule has 0 aliphatic heterocycles. The molecule has 1 saturated carbocycles. The van der Waals surface area contributed by atoms with Gasteiger partial charge >= 0.3 is 0 Å². The van der Waals surface area contributed by atoms with Crippen LogP contribution in [0, 0.1) is 23.1 Å². The lowest BCUT2D eigenvalue weighted by Gasteiger charge is -2.34. The smallest absolute Gasteiger partial charge is 0.123 e. The lowest BCUT2D eigenvalue weighted by molar-refractivity contribution is 0.248. The summed E-state index contributed by atoms with van der Waals surface area (Å²) in [7, 11) is 0. The third-order valence-electron chi connectivity index (χ3n) is 3.89. The molecule has 1 aliphatic rings. The Kier molecular flexibility index (Phi) is 3.98. The first-order valence-electron chi connectivity index (χ1n) is 6.54. The summed E-state index contributed by atoms with van der Waals surface area (Å²) in [6, 6.07) is 8.87. The van der Waals surface area contributed by atoms with Gasteiger partial charge in [0.15, 0.2) is 0 Å². The maximum Gasteiger partial charge on any atom is 0.123 e. The number of nitriles is 1. The molecular formula is C15H19FN2. The van der Waals surface area contributed by atoms with Crippen LogP contribution in [0.2, 0.25) is 0 Å². The average molecular weight is 246 g/mol. The van der Waals surface area contributed by atoms with Gasteiger partial charge in [-0.25, -0.2) is 4.39 Å². The van der Waals surface area contributed by atoms with Crippen LogP contribution in [0.1, 0.15) is 38.2 Å². The molecule has 1 aliphatic carbocycles. The zero-order valence-electron chi connectivity index (χ0n) is 10.7. The molecule has 0 heterocycles. The van der Waals surface area contributed by atoms with Crippen LogP contribution in [0.25, 0.3) is 0 Å². The predicted octanol–water partition coefficient (Wildman–Crippen LogP) is 3.39. The molecule has 96 valence electrons. The van der Waals surface area contributed by atoms with Gasteiger partial charge in [-0.3, -0.25) is 5.32 Å². The SMILES string of the molecule is CC1CCC(C#N)(NCc2ccc(F)cc2)CC1. The number of nitrogens with one attached hydrogen (secondary N) is 1. The van der Waals surface area contributed by atoms with Crippen molar-refractivity contribution >= 4 is 0 Å². The van der Waals surface area contributed by atoms with Crippen LogP contribution >= 0.6 is 0 Å². The van der Waals surface area contributed by atoms with Gasteiger partial charge < -0.3 is 0 Å². The molecule has 0 atom stereocenters. The molecule has 0 spiro atoms. The maximum absolute atomic E-state index is 12.8. The van der Waals surface area contributed by atoms with Gasteiger partial charge in [0.05, 0.1) is 6.07 Å². The van der Waals surface area contributed by atoms with Crippen LogP contribution in [0.15, 0.2) is 24.3 Å². The van der Waals surface area contributed by atoms with Gasteiger partial charge in [-0.15, -0.1) is 0 Å². The fourth-order valence-corrected chi connectivity index (χ4v) is 2.46. The van der Waals surface area contributed by atoms with E-state index in [2.05, 4.69) is 18.3 Å². The fourth-order valence-electron chi connectivity index (χ4n) is 2.46. The van der Waals surface area contributed by atoms with E-state index in [1.807, 2.05) is 0 Å². The molecule has 0 saturated heterocycles. The first kappa shape index (κ1) is 13.0. The van der Waals surface area contributed by atoms with E-state index < -0.39 is 0 Å². The number of hydrogen-bond acceptors (Lipinski definition) is 2. The van der Waals surface area contributed by atoms with E-state index in [0.29, 0.717) is 6.54 Å². The van der Waals surface area contributed by atoms with Gasteiger partial charge in [0, 0.05) is 6.54 Å². The van der Waals surface area contributed by atoms with Crippen LogP contribution in [0.5, 0.6) is 0 Å². The number of benzene rings is 1. The molecule has 0 amide bonds. The second kappa shape index (κ2) is 5.49. The van der Waals surface area contributed by atoms with E-state index in [0.717, 1.165) is 37.2 Å². The van der Waals surface area contributed by atoms with E-state index in [1.54, 1.807) is 12.1 Å². The molecular weight excluding hydrogens is 227 g/mol. The van der Waals surface area contributed by atoms with Crippen molar-refractivity contribution in [1.82, 2.24) is 5.32 Å². The van der Waals surface area contributed by atoms with Crippen molar-refractivity contribution in [3.63, 3.8) is 0 Å². The Morgan fingerprint density at radius 3 is 2.50 bits per heavy atom. The molecule has 3 heteroatoms. The highest BCUT2D eigenvalue weighted by Gasteiger charge is 2.33. The van der Waals surface area contributed by atoms with Gasteiger partial charge in [-0.05, 0) is 49.3 Å². The van der Waals surface area contributed by atoms with Gasteiger partial charge in [-0.2, -0.15) is 5.26 Å².